The lowest BCUT2D eigenvalue weighted by Gasteiger charge is -2.31. The van der Waals surface area contributed by atoms with Gasteiger partial charge in [-0.15, -0.1) is 0 Å². The van der Waals surface area contributed by atoms with Crippen molar-refractivity contribution in [3.8, 4) is 0 Å². The van der Waals surface area contributed by atoms with Crippen LogP contribution in [0.15, 0.2) is 97.1 Å². The summed E-state index contributed by atoms with van der Waals surface area (Å²) in [7, 11) is 0. The number of aryl methyl sites for hydroxylation is 1. The van der Waals surface area contributed by atoms with Gasteiger partial charge < -0.3 is 0 Å². The Balaban J connectivity index is 2.08. The van der Waals surface area contributed by atoms with Gasteiger partial charge in [-0.2, -0.15) is 0 Å². The number of ketones is 1. The Bertz CT molecular complexity index is 1120. The van der Waals surface area contributed by atoms with E-state index in [-0.39, 0.29) is 5.78 Å². The minimum Gasteiger partial charge on any atom is -0.292 e. The summed E-state index contributed by atoms with van der Waals surface area (Å²) in [5.74, 6) is 0.107. The first-order valence-corrected chi connectivity index (χ1v) is 9.23. The van der Waals surface area contributed by atoms with E-state index in [2.05, 4.69) is 43.8 Å². The van der Waals surface area contributed by atoms with Gasteiger partial charge >= 0.3 is 0 Å². The number of carbonyl (C=O) groups excluding carboxylic acids is 1. The summed E-state index contributed by atoms with van der Waals surface area (Å²) in [5.41, 5.74) is 3.83. The number of carbonyl (C=O) groups is 1. The molecular weight excluding hydrogens is 328 g/mol. The van der Waals surface area contributed by atoms with Crippen molar-refractivity contribution >= 4 is 16.6 Å². The van der Waals surface area contributed by atoms with E-state index < -0.39 is 5.41 Å². The van der Waals surface area contributed by atoms with E-state index >= 15 is 0 Å². The standard InChI is InChI=1S/C26H22O/c1-4-5-6-11-19(3)26(21-14-7-10-18(2)17-21)23-16-9-13-20-12-8-15-22(24(20)23)25(26)27/h4-17H,3H2,1-2H3/b5-4-,11-6-. The molecule has 1 aliphatic carbocycles. The number of hydrogen-bond acceptors (Lipinski definition) is 1. The fourth-order valence-electron chi connectivity index (χ4n) is 4.24. The molecule has 1 heteroatoms. The van der Waals surface area contributed by atoms with Crippen LogP contribution in [0.5, 0.6) is 0 Å². The third-order valence-electron chi connectivity index (χ3n) is 5.43. The highest BCUT2D eigenvalue weighted by atomic mass is 16.1. The van der Waals surface area contributed by atoms with E-state index in [1.165, 1.54) is 0 Å². The molecule has 0 spiro atoms. The van der Waals surface area contributed by atoms with Crippen LogP contribution in [0.4, 0.5) is 0 Å². The minimum absolute atomic E-state index is 0.107. The fraction of sp³-hybridized carbons (Fsp3) is 0.115. The second-order valence-corrected chi connectivity index (χ2v) is 7.07. The molecule has 1 atom stereocenters. The van der Waals surface area contributed by atoms with E-state index in [0.29, 0.717) is 0 Å². The second kappa shape index (κ2) is 6.51. The fourth-order valence-corrected chi connectivity index (χ4v) is 4.24. The SMILES string of the molecule is C=C(/C=C\C=C/C)C1(c2cccc(C)c2)C(=O)c2cccc3cccc1c23. The molecule has 3 aromatic carbocycles. The second-order valence-electron chi connectivity index (χ2n) is 7.07. The first-order valence-electron chi connectivity index (χ1n) is 9.23. The van der Waals surface area contributed by atoms with Gasteiger partial charge in [-0.3, -0.25) is 4.79 Å². The molecule has 0 amide bonds. The van der Waals surface area contributed by atoms with Crippen LogP contribution in [0.2, 0.25) is 0 Å². The number of Topliss-reactive ketones (excluding diaryl/α,β-unsaturated/α-hetero) is 1. The lowest BCUT2D eigenvalue weighted by Crippen LogP contribution is -2.35. The lowest BCUT2D eigenvalue weighted by molar-refractivity contribution is 0.0945. The highest BCUT2D eigenvalue weighted by molar-refractivity contribution is 6.23. The van der Waals surface area contributed by atoms with Gasteiger partial charge in [-0.25, -0.2) is 0 Å². The zero-order chi connectivity index (χ0) is 19.0. The molecule has 1 unspecified atom stereocenters. The zero-order valence-electron chi connectivity index (χ0n) is 15.7. The molecule has 0 saturated carbocycles. The molecule has 0 fully saturated rings. The first-order chi connectivity index (χ1) is 13.1. The van der Waals surface area contributed by atoms with E-state index in [1.54, 1.807) is 0 Å². The molecule has 0 aliphatic heterocycles. The van der Waals surface area contributed by atoms with E-state index in [4.69, 9.17) is 0 Å². The van der Waals surface area contributed by atoms with Gasteiger partial charge in [0.25, 0.3) is 0 Å². The van der Waals surface area contributed by atoms with Gasteiger partial charge in [0.15, 0.2) is 5.78 Å². The van der Waals surface area contributed by atoms with Gasteiger partial charge in [0.05, 0.1) is 0 Å². The molecule has 0 aromatic heterocycles. The Morgan fingerprint density at radius 1 is 1.00 bits per heavy atom. The minimum atomic E-state index is -0.882. The predicted molar refractivity (Wildman–Crippen MR) is 113 cm³/mol. The summed E-state index contributed by atoms with van der Waals surface area (Å²) in [6.07, 6.45) is 7.85. The van der Waals surface area contributed by atoms with Crippen molar-refractivity contribution in [2.75, 3.05) is 0 Å². The molecule has 0 radical (unpaired) electrons. The number of hydrogen-bond donors (Lipinski definition) is 0. The lowest BCUT2D eigenvalue weighted by atomic mass is 9.68. The Morgan fingerprint density at radius 2 is 1.74 bits per heavy atom. The Labute approximate surface area is 160 Å². The van der Waals surface area contributed by atoms with Crippen LogP contribution in [-0.4, -0.2) is 5.78 Å². The number of rotatable bonds is 4. The van der Waals surface area contributed by atoms with Crippen molar-refractivity contribution in [3.05, 3.63) is 119 Å². The highest BCUT2D eigenvalue weighted by Gasteiger charge is 2.49. The van der Waals surface area contributed by atoms with Crippen LogP contribution in [0, 0.1) is 6.92 Å². The van der Waals surface area contributed by atoms with Crippen LogP contribution in [0.3, 0.4) is 0 Å². The van der Waals surface area contributed by atoms with E-state index in [9.17, 15) is 4.79 Å². The van der Waals surface area contributed by atoms with Gasteiger partial charge in [0.2, 0.25) is 0 Å². The molecule has 4 rings (SSSR count). The monoisotopic (exact) mass is 350 g/mol. The summed E-state index contributed by atoms with van der Waals surface area (Å²) < 4.78 is 0. The maximum atomic E-state index is 13.9. The molecule has 1 nitrogen and oxygen atoms in total. The highest BCUT2D eigenvalue weighted by Crippen LogP contribution is 2.50. The van der Waals surface area contributed by atoms with Crippen LogP contribution in [0.25, 0.3) is 10.8 Å². The first kappa shape index (κ1) is 17.2. The molecule has 0 N–H and O–H groups in total. The molecule has 1 aliphatic rings. The molecule has 0 heterocycles. The normalized spacial score (nSPS) is 18.8. The Morgan fingerprint density at radius 3 is 2.48 bits per heavy atom. The van der Waals surface area contributed by atoms with Crippen molar-refractivity contribution in [1.29, 1.82) is 0 Å². The Hall–Kier alpha value is -3.19. The number of allylic oxidation sites excluding steroid dienone is 5. The van der Waals surface area contributed by atoms with E-state index in [1.807, 2.05) is 61.6 Å². The summed E-state index contributed by atoms with van der Waals surface area (Å²) >= 11 is 0. The topological polar surface area (TPSA) is 17.1 Å². The summed E-state index contributed by atoms with van der Waals surface area (Å²) in [6.45, 7) is 8.40. The maximum Gasteiger partial charge on any atom is 0.182 e. The van der Waals surface area contributed by atoms with Crippen molar-refractivity contribution in [2.45, 2.75) is 19.3 Å². The van der Waals surface area contributed by atoms with Crippen LogP contribution >= 0.6 is 0 Å². The Kier molecular flexibility index (Phi) is 4.16. The van der Waals surface area contributed by atoms with Gasteiger partial charge in [-0.1, -0.05) is 97.1 Å². The molecule has 27 heavy (non-hydrogen) atoms. The molecule has 0 bridgehead atoms. The smallest absolute Gasteiger partial charge is 0.182 e. The van der Waals surface area contributed by atoms with Crippen LogP contribution < -0.4 is 0 Å². The molecule has 0 saturated heterocycles. The summed E-state index contributed by atoms with van der Waals surface area (Å²) in [6, 6.07) is 20.4. The molecular formula is C26H22O. The largest absolute Gasteiger partial charge is 0.292 e. The van der Waals surface area contributed by atoms with Gasteiger partial charge in [-0.05, 0) is 41.3 Å². The van der Waals surface area contributed by atoms with Crippen LogP contribution in [-0.2, 0) is 5.41 Å². The average Bonchev–Trinajstić information content (AvgIpc) is 2.93. The molecule has 132 valence electrons. The quantitative estimate of drug-likeness (QED) is 0.503. The maximum absolute atomic E-state index is 13.9. The van der Waals surface area contributed by atoms with Crippen molar-refractivity contribution in [2.24, 2.45) is 0 Å². The van der Waals surface area contributed by atoms with Crippen molar-refractivity contribution < 1.29 is 4.79 Å². The van der Waals surface area contributed by atoms with Crippen LogP contribution in [0.1, 0.15) is 34.0 Å². The predicted octanol–water partition coefficient (Wildman–Crippen LogP) is 6.32. The van der Waals surface area contributed by atoms with Gasteiger partial charge in [0.1, 0.15) is 5.41 Å². The van der Waals surface area contributed by atoms with Crippen molar-refractivity contribution in [1.82, 2.24) is 0 Å². The zero-order valence-corrected chi connectivity index (χ0v) is 15.7. The summed E-state index contributed by atoms with van der Waals surface area (Å²) in [4.78, 5) is 13.9. The third-order valence-corrected chi connectivity index (χ3v) is 5.43. The molecule has 3 aromatic rings. The summed E-state index contributed by atoms with van der Waals surface area (Å²) in [5, 5.41) is 2.14. The number of benzene rings is 3. The average molecular weight is 350 g/mol. The third kappa shape index (κ3) is 2.43. The van der Waals surface area contributed by atoms with Crippen molar-refractivity contribution in [3.63, 3.8) is 0 Å². The van der Waals surface area contributed by atoms with Gasteiger partial charge in [0, 0.05) is 5.56 Å². The van der Waals surface area contributed by atoms with E-state index in [0.717, 1.165) is 38.6 Å².